The molecule has 0 N–H and O–H groups in total. The maximum Gasteiger partial charge on any atom is 0.159 e. The van der Waals surface area contributed by atoms with E-state index in [1.54, 1.807) is 7.11 Å². The summed E-state index contributed by atoms with van der Waals surface area (Å²) in [5, 5.41) is 0. The highest BCUT2D eigenvalue weighted by atomic mass is 16.7. The van der Waals surface area contributed by atoms with Gasteiger partial charge in [0.1, 0.15) is 5.75 Å². The highest BCUT2D eigenvalue weighted by Crippen LogP contribution is 2.18. The summed E-state index contributed by atoms with van der Waals surface area (Å²) < 4.78 is 16.2. The molecule has 0 saturated heterocycles. The van der Waals surface area contributed by atoms with Gasteiger partial charge in [0.25, 0.3) is 0 Å². The molecule has 1 aromatic carbocycles. The number of methoxy groups -OCH3 is 1. The second-order valence-electron chi connectivity index (χ2n) is 4.25. The van der Waals surface area contributed by atoms with Crippen molar-refractivity contribution >= 4 is 5.69 Å². The van der Waals surface area contributed by atoms with E-state index in [4.69, 9.17) is 14.2 Å². The summed E-state index contributed by atoms with van der Waals surface area (Å²) in [6.07, 6.45) is 0.736. The van der Waals surface area contributed by atoms with E-state index in [1.165, 1.54) is 0 Å². The van der Waals surface area contributed by atoms with E-state index >= 15 is 0 Å². The van der Waals surface area contributed by atoms with Gasteiger partial charge in [-0.15, -0.1) is 0 Å². The molecule has 19 heavy (non-hydrogen) atoms. The predicted molar refractivity (Wildman–Crippen MR) is 77.9 cm³/mol. The largest absolute Gasteiger partial charge is 0.497 e. The number of nitrogens with zero attached hydrogens (tertiary/aromatic N) is 1. The van der Waals surface area contributed by atoms with Crippen molar-refractivity contribution in [2.24, 2.45) is 0 Å². The lowest BCUT2D eigenvalue weighted by Crippen LogP contribution is -2.26. The normalized spacial score (nSPS) is 10.8. The van der Waals surface area contributed by atoms with Crippen LogP contribution in [-0.4, -0.2) is 40.2 Å². The van der Waals surface area contributed by atoms with Gasteiger partial charge in [-0.05, 0) is 38.1 Å². The molecule has 4 nitrogen and oxygen atoms in total. The van der Waals surface area contributed by atoms with Gasteiger partial charge in [0.2, 0.25) is 0 Å². The van der Waals surface area contributed by atoms with E-state index in [0.29, 0.717) is 13.2 Å². The summed E-state index contributed by atoms with van der Waals surface area (Å²) in [5.41, 5.74) is 1.16. The van der Waals surface area contributed by atoms with Crippen LogP contribution in [0.4, 0.5) is 5.69 Å². The minimum absolute atomic E-state index is 0.115. The molecule has 0 fully saturated rings. The Bertz CT molecular complexity index is 334. The third kappa shape index (κ3) is 5.49. The first-order valence-corrected chi connectivity index (χ1v) is 6.79. The lowest BCUT2D eigenvalue weighted by molar-refractivity contribution is -0.137. The molecule has 0 aromatic heterocycles. The first kappa shape index (κ1) is 15.8. The molecule has 1 rings (SSSR count). The minimum Gasteiger partial charge on any atom is -0.497 e. The van der Waals surface area contributed by atoms with E-state index in [0.717, 1.165) is 24.4 Å². The molecular formula is C15H25NO3. The van der Waals surface area contributed by atoms with E-state index in [-0.39, 0.29) is 6.29 Å². The molecule has 4 heteroatoms. The van der Waals surface area contributed by atoms with Crippen LogP contribution in [-0.2, 0) is 9.47 Å². The monoisotopic (exact) mass is 267 g/mol. The molecule has 0 spiro atoms. The summed E-state index contributed by atoms with van der Waals surface area (Å²) in [4.78, 5) is 2.18. The molecule has 0 aliphatic heterocycles. The molecule has 0 unspecified atom stereocenters. The van der Waals surface area contributed by atoms with Gasteiger partial charge in [-0.25, -0.2) is 0 Å². The summed E-state index contributed by atoms with van der Waals surface area (Å²) in [6.45, 7) is 6.21. The lowest BCUT2D eigenvalue weighted by atomic mass is 10.2. The highest BCUT2D eigenvalue weighted by Gasteiger charge is 2.10. The van der Waals surface area contributed by atoms with Crippen molar-refractivity contribution in [1.29, 1.82) is 0 Å². The Balaban J connectivity index is 2.45. The van der Waals surface area contributed by atoms with Crippen LogP contribution in [0.1, 0.15) is 20.3 Å². The van der Waals surface area contributed by atoms with E-state index in [9.17, 15) is 0 Å². The number of benzene rings is 1. The fraction of sp³-hybridized carbons (Fsp3) is 0.600. The Morgan fingerprint density at radius 2 is 1.63 bits per heavy atom. The summed E-state index contributed by atoms with van der Waals surface area (Å²) in [6, 6.07) is 8.03. The van der Waals surface area contributed by atoms with Crippen LogP contribution >= 0.6 is 0 Å². The van der Waals surface area contributed by atoms with Crippen molar-refractivity contribution in [3.63, 3.8) is 0 Å². The Kier molecular flexibility index (Phi) is 7.30. The van der Waals surface area contributed by atoms with Crippen molar-refractivity contribution < 1.29 is 14.2 Å². The van der Waals surface area contributed by atoms with Crippen LogP contribution < -0.4 is 9.64 Å². The molecular weight excluding hydrogens is 242 g/mol. The topological polar surface area (TPSA) is 30.9 Å². The molecule has 0 aliphatic carbocycles. The van der Waals surface area contributed by atoms with Crippen LogP contribution in [0.5, 0.6) is 5.75 Å². The molecule has 0 atom stereocenters. The SMILES string of the molecule is CCOC(CCN(C)c1ccc(OC)cc1)OCC. The maximum absolute atomic E-state index is 5.54. The third-order valence-electron chi connectivity index (χ3n) is 2.92. The zero-order chi connectivity index (χ0) is 14.1. The average Bonchev–Trinajstić information content (AvgIpc) is 2.45. The smallest absolute Gasteiger partial charge is 0.159 e. The molecule has 0 aliphatic rings. The third-order valence-corrected chi connectivity index (χ3v) is 2.92. The molecule has 108 valence electrons. The van der Waals surface area contributed by atoms with Crippen LogP contribution in [0.25, 0.3) is 0 Å². The quantitative estimate of drug-likeness (QED) is 0.644. The number of rotatable bonds is 9. The van der Waals surface area contributed by atoms with Gasteiger partial charge in [-0.1, -0.05) is 0 Å². The molecule has 0 bridgehead atoms. The average molecular weight is 267 g/mol. The van der Waals surface area contributed by atoms with Gasteiger partial charge < -0.3 is 19.1 Å². The molecule has 0 amide bonds. The second-order valence-corrected chi connectivity index (χ2v) is 4.25. The van der Waals surface area contributed by atoms with Gasteiger partial charge in [0, 0.05) is 38.9 Å². The number of anilines is 1. The molecule has 0 heterocycles. The first-order valence-electron chi connectivity index (χ1n) is 6.79. The van der Waals surface area contributed by atoms with Crippen molar-refractivity contribution in [3.8, 4) is 5.75 Å². The van der Waals surface area contributed by atoms with Crippen molar-refractivity contribution in [1.82, 2.24) is 0 Å². The zero-order valence-electron chi connectivity index (χ0n) is 12.4. The van der Waals surface area contributed by atoms with Gasteiger partial charge in [-0.2, -0.15) is 0 Å². The van der Waals surface area contributed by atoms with Crippen molar-refractivity contribution in [2.75, 3.05) is 38.8 Å². The fourth-order valence-corrected chi connectivity index (χ4v) is 1.85. The van der Waals surface area contributed by atoms with Gasteiger partial charge in [0.05, 0.1) is 7.11 Å². The van der Waals surface area contributed by atoms with Crippen LogP contribution in [0.15, 0.2) is 24.3 Å². The molecule has 1 aromatic rings. The lowest BCUT2D eigenvalue weighted by Gasteiger charge is -2.23. The summed E-state index contributed by atoms with van der Waals surface area (Å²) >= 11 is 0. The summed E-state index contributed by atoms with van der Waals surface area (Å²) in [5.74, 6) is 0.874. The molecule has 0 saturated carbocycles. The second kappa shape index (κ2) is 8.77. The van der Waals surface area contributed by atoms with E-state index in [2.05, 4.69) is 24.1 Å². The number of hydrogen-bond donors (Lipinski definition) is 0. The van der Waals surface area contributed by atoms with Gasteiger partial charge in [-0.3, -0.25) is 0 Å². The van der Waals surface area contributed by atoms with Crippen molar-refractivity contribution in [3.05, 3.63) is 24.3 Å². The van der Waals surface area contributed by atoms with Crippen molar-refractivity contribution in [2.45, 2.75) is 26.6 Å². The fourth-order valence-electron chi connectivity index (χ4n) is 1.85. The van der Waals surface area contributed by atoms with Gasteiger partial charge in [0.15, 0.2) is 6.29 Å². The van der Waals surface area contributed by atoms with Gasteiger partial charge >= 0.3 is 0 Å². The standard InChI is InChI=1S/C15H25NO3/c1-5-18-15(19-6-2)11-12-16(3)13-7-9-14(17-4)10-8-13/h7-10,15H,5-6,11-12H2,1-4H3. The first-order chi connectivity index (χ1) is 9.21. The summed E-state index contributed by atoms with van der Waals surface area (Å²) in [7, 11) is 3.74. The maximum atomic E-state index is 5.54. The number of hydrogen-bond acceptors (Lipinski definition) is 4. The zero-order valence-corrected chi connectivity index (χ0v) is 12.4. The Hall–Kier alpha value is -1.26. The predicted octanol–water partition coefficient (Wildman–Crippen LogP) is 2.92. The van der Waals surface area contributed by atoms with Crippen LogP contribution in [0, 0.1) is 0 Å². The van der Waals surface area contributed by atoms with E-state index in [1.807, 2.05) is 26.0 Å². The highest BCUT2D eigenvalue weighted by molar-refractivity contribution is 5.48. The Labute approximate surface area is 116 Å². The number of ether oxygens (including phenoxy) is 3. The molecule has 0 radical (unpaired) electrons. The van der Waals surface area contributed by atoms with E-state index < -0.39 is 0 Å². The van der Waals surface area contributed by atoms with Crippen LogP contribution in [0.2, 0.25) is 0 Å². The minimum atomic E-state index is -0.115. The van der Waals surface area contributed by atoms with Crippen LogP contribution in [0.3, 0.4) is 0 Å². The Morgan fingerprint density at radius 3 is 2.11 bits per heavy atom. The Morgan fingerprint density at radius 1 is 1.05 bits per heavy atom.